The molecule has 0 radical (unpaired) electrons. The second-order valence-corrected chi connectivity index (χ2v) is 21.2. The fraction of sp³-hybridized carbons (Fsp3) is 0.217. The van der Waals surface area contributed by atoms with Gasteiger partial charge in [0, 0.05) is 0 Å². The molecule has 0 nitrogen and oxygen atoms in total. The van der Waals surface area contributed by atoms with Gasteiger partial charge in [-0.1, -0.05) is 133 Å². The normalized spacial score (nSPS) is 14.3. The minimum atomic E-state index is -1.92. The monoisotopic (exact) mass is 360 g/mol. The van der Waals surface area contributed by atoms with Crippen molar-refractivity contribution < 1.29 is 0 Å². The van der Waals surface area contributed by atoms with Crippen LogP contribution in [0.4, 0.5) is 0 Å². The van der Waals surface area contributed by atoms with Crippen LogP contribution in [0.2, 0.25) is 18.6 Å². The number of hydrogen-bond donors (Lipinski definition) is 0. The molecule has 128 valence electrons. The standard InChI is InChI=1S/C23H28Si2/c1-20(2)24(3,21-14-8-5-9-15-21)25(4,22-16-10-6-11-17-22)23-18-12-7-13-19-23/h5-20H,1-4H3. The lowest BCUT2D eigenvalue weighted by Crippen LogP contribution is -2.79. The molecule has 0 amide bonds. The third-order valence-corrected chi connectivity index (χ3v) is 25.7. The Balaban J connectivity index is 2.34. The van der Waals surface area contributed by atoms with Gasteiger partial charge in [-0.15, -0.1) is 0 Å². The Morgan fingerprint density at radius 3 is 1.16 bits per heavy atom. The molecule has 0 bridgehead atoms. The first kappa shape index (κ1) is 17.9. The SMILES string of the molecule is CC(C)[Si](C)(c1ccccc1)[Si](C)(c1ccccc1)c1ccccc1. The molecule has 0 spiro atoms. The van der Waals surface area contributed by atoms with Crippen LogP contribution in [0.3, 0.4) is 0 Å². The van der Waals surface area contributed by atoms with Crippen molar-refractivity contribution in [3.05, 3.63) is 91.0 Å². The minimum absolute atomic E-state index is 0.673. The van der Waals surface area contributed by atoms with Crippen LogP contribution in [0.15, 0.2) is 91.0 Å². The van der Waals surface area contributed by atoms with Gasteiger partial charge in [0.15, 0.2) is 0 Å². The summed E-state index contributed by atoms with van der Waals surface area (Å²) in [6.45, 7) is 10.1. The maximum atomic E-state index is 2.62. The zero-order valence-electron chi connectivity index (χ0n) is 15.7. The number of hydrogen-bond acceptors (Lipinski definition) is 0. The number of rotatable bonds is 5. The van der Waals surface area contributed by atoms with Crippen LogP contribution in [0.25, 0.3) is 0 Å². The lowest BCUT2D eigenvalue weighted by Gasteiger charge is -2.47. The molecule has 0 fully saturated rings. The van der Waals surface area contributed by atoms with Gasteiger partial charge in [0.2, 0.25) is 0 Å². The Morgan fingerprint density at radius 1 is 0.520 bits per heavy atom. The predicted octanol–water partition coefficient (Wildman–Crippen LogP) is 4.35. The Hall–Kier alpha value is -1.91. The Morgan fingerprint density at radius 2 is 0.840 bits per heavy atom. The maximum Gasteiger partial charge on any atom is 0.113 e. The molecule has 0 heterocycles. The Kier molecular flexibility index (Phi) is 5.12. The van der Waals surface area contributed by atoms with E-state index in [0.717, 1.165) is 0 Å². The van der Waals surface area contributed by atoms with Crippen LogP contribution in [0, 0.1) is 0 Å². The average Bonchev–Trinajstić information content (AvgIpc) is 2.68. The van der Waals surface area contributed by atoms with E-state index in [4.69, 9.17) is 0 Å². The largest absolute Gasteiger partial charge is 0.113 e. The fourth-order valence-electron chi connectivity index (χ4n) is 4.29. The van der Waals surface area contributed by atoms with E-state index in [1.165, 1.54) is 0 Å². The smallest absolute Gasteiger partial charge is 0.0664 e. The second kappa shape index (κ2) is 7.14. The first-order valence-corrected chi connectivity index (χ1v) is 15.3. The molecule has 0 saturated carbocycles. The zero-order chi connectivity index (χ0) is 17.9. The Labute approximate surface area is 154 Å². The summed E-state index contributed by atoms with van der Waals surface area (Å²) in [6.07, 6.45) is 0. The van der Waals surface area contributed by atoms with Crippen molar-refractivity contribution in [3.8, 4) is 0 Å². The van der Waals surface area contributed by atoms with Gasteiger partial charge < -0.3 is 0 Å². The topological polar surface area (TPSA) is 0 Å². The molecule has 0 saturated heterocycles. The van der Waals surface area contributed by atoms with E-state index < -0.39 is 15.2 Å². The lowest BCUT2D eigenvalue weighted by molar-refractivity contribution is 1.04. The van der Waals surface area contributed by atoms with Gasteiger partial charge in [-0.2, -0.15) is 0 Å². The molecule has 3 rings (SSSR count). The van der Waals surface area contributed by atoms with E-state index in [2.05, 4.69) is 118 Å². The van der Waals surface area contributed by atoms with Crippen LogP contribution in [-0.4, -0.2) is 15.2 Å². The highest BCUT2D eigenvalue weighted by Gasteiger charge is 2.53. The van der Waals surface area contributed by atoms with Crippen LogP contribution in [0.1, 0.15) is 13.8 Å². The maximum absolute atomic E-state index is 2.62. The summed E-state index contributed by atoms with van der Waals surface area (Å²) in [5, 5.41) is 4.72. The van der Waals surface area contributed by atoms with Crippen LogP contribution in [-0.2, 0) is 0 Å². The molecule has 2 heteroatoms. The minimum Gasteiger partial charge on any atom is -0.0664 e. The highest BCUT2D eigenvalue weighted by atomic mass is 29.3. The van der Waals surface area contributed by atoms with Gasteiger partial charge in [-0.3, -0.25) is 0 Å². The molecule has 0 aliphatic heterocycles. The van der Waals surface area contributed by atoms with Gasteiger partial charge in [0.05, 0.1) is 7.59 Å². The molecule has 0 N–H and O–H groups in total. The summed E-state index contributed by atoms with van der Waals surface area (Å²) in [5.41, 5.74) is 0.673. The van der Waals surface area contributed by atoms with Crippen LogP contribution < -0.4 is 15.6 Å². The molecule has 1 atom stereocenters. The molecule has 25 heavy (non-hydrogen) atoms. The zero-order valence-corrected chi connectivity index (χ0v) is 17.7. The quantitative estimate of drug-likeness (QED) is 0.593. The van der Waals surface area contributed by atoms with Crippen LogP contribution >= 0.6 is 0 Å². The molecule has 0 aliphatic rings. The summed E-state index contributed by atoms with van der Waals surface area (Å²) in [5.74, 6) is 0. The Bertz CT molecular complexity index is 758. The summed E-state index contributed by atoms with van der Waals surface area (Å²) in [7, 11) is -3.72. The van der Waals surface area contributed by atoms with Crippen molar-refractivity contribution in [2.24, 2.45) is 0 Å². The van der Waals surface area contributed by atoms with Gasteiger partial charge in [-0.25, -0.2) is 0 Å². The van der Waals surface area contributed by atoms with Crippen molar-refractivity contribution in [3.63, 3.8) is 0 Å². The lowest BCUT2D eigenvalue weighted by atomic mass is 10.4. The fourth-order valence-corrected chi connectivity index (χ4v) is 21.1. The van der Waals surface area contributed by atoms with Gasteiger partial charge in [0.1, 0.15) is 7.59 Å². The molecule has 0 aliphatic carbocycles. The number of benzene rings is 3. The van der Waals surface area contributed by atoms with Crippen molar-refractivity contribution in [1.29, 1.82) is 0 Å². The second-order valence-electron chi connectivity index (χ2n) is 7.58. The summed E-state index contributed by atoms with van der Waals surface area (Å²) in [6, 6.07) is 33.9. The summed E-state index contributed by atoms with van der Waals surface area (Å²) < 4.78 is 0. The third kappa shape index (κ3) is 2.94. The highest BCUT2D eigenvalue weighted by molar-refractivity contribution is 7.55. The van der Waals surface area contributed by atoms with Gasteiger partial charge >= 0.3 is 0 Å². The van der Waals surface area contributed by atoms with E-state index >= 15 is 0 Å². The van der Waals surface area contributed by atoms with E-state index in [9.17, 15) is 0 Å². The first-order chi connectivity index (χ1) is 12.0. The summed E-state index contributed by atoms with van der Waals surface area (Å²) >= 11 is 0. The van der Waals surface area contributed by atoms with Gasteiger partial charge in [-0.05, 0) is 5.54 Å². The van der Waals surface area contributed by atoms with Crippen molar-refractivity contribution in [2.75, 3.05) is 0 Å². The molecule has 3 aromatic carbocycles. The predicted molar refractivity (Wildman–Crippen MR) is 117 cm³/mol. The van der Waals surface area contributed by atoms with E-state index in [1.54, 1.807) is 15.6 Å². The molecular formula is C23H28Si2. The van der Waals surface area contributed by atoms with Gasteiger partial charge in [0.25, 0.3) is 0 Å². The van der Waals surface area contributed by atoms with Crippen molar-refractivity contribution in [2.45, 2.75) is 32.5 Å². The highest BCUT2D eigenvalue weighted by Crippen LogP contribution is 2.30. The van der Waals surface area contributed by atoms with E-state index in [1.807, 2.05) is 0 Å². The van der Waals surface area contributed by atoms with Crippen LogP contribution in [0.5, 0.6) is 0 Å². The first-order valence-electron chi connectivity index (χ1n) is 9.18. The third-order valence-electron chi connectivity index (χ3n) is 6.27. The molecule has 0 aromatic heterocycles. The molecule has 3 aromatic rings. The van der Waals surface area contributed by atoms with Crippen molar-refractivity contribution >= 4 is 30.7 Å². The average molecular weight is 361 g/mol. The molecule has 1 unspecified atom stereocenters. The molecular weight excluding hydrogens is 332 g/mol. The summed E-state index contributed by atoms with van der Waals surface area (Å²) in [4.78, 5) is 0. The van der Waals surface area contributed by atoms with E-state index in [0.29, 0.717) is 5.54 Å². The van der Waals surface area contributed by atoms with Crippen molar-refractivity contribution in [1.82, 2.24) is 0 Å². The van der Waals surface area contributed by atoms with E-state index in [-0.39, 0.29) is 0 Å².